The van der Waals surface area contributed by atoms with E-state index in [2.05, 4.69) is 394 Å². The van der Waals surface area contributed by atoms with Gasteiger partial charge in [-0.3, -0.25) is 15.0 Å². The molecule has 0 aliphatic rings. The molecule has 0 aliphatic heterocycles. The largest absolute Gasteiger partial charge is 0.455 e. The van der Waals surface area contributed by atoms with Crippen LogP contribution in [-0.4, -0.2) is 24.1 Å². The molecular weight excluding hydrogens is 1490 g/mol. The van der Waals surface area contributed by atoms with Crippen LogP contribution in [0.3, 0.4) is 0 Å². The van der Waals surface area contributed by atoms with Gasteiger partial charge in [0.15, 0.2) is 0 Å². The summed E-state index contributed by atoms with van der Waals surface area (Å²) in [6.07, 6.45) is 9.43. The third-order valence-corrected chi connectivity index (χ3v) is 25.8. The molecule has 6 heteroatoms. The van der Waals surface area contributed by atoms with E-state index in [0.29, 0.717) is 0 Å². The maximum Gasteiger partial charge on any atom is 0.143 e. The van der Waals surface area contributed by atoms with Gasteiger partial charge in [-0.2, -0.15) is 0 Å². The number of hydrogen-bond donors (Lipinski definition) is 0. The first-order valence-corrected chi connectivity index (χ1v) is 42.1. The van der Waals surface area contributed by atoms with E-state index in [0.717, 1.165) is 49.9 Å². The van der Waals surface area contributed by atoms with Crippen molar-refractivity contribution in [2.45, 2.75) is 0 Å². The summed E-state index contributed by atoms with van der Waals surface area (Å²) in [5.74, 6) is 0. The van der Waals surface area contributed by atoms with Gasteiger partial charge in [-0.25, -0.2) is 0 Å². The standard InChI is InChI=1S/2C39H24N2.C39H23NO/c1-3-10-36-31(7-1)32-8-2-4-11-37(32)41(36)28-18-12-25(13-19-28)29-20-14-26-17-23-34-30(35-9-5-6-24-40-35)21-15-27-16-22-33(29)38(26)39(27)34;1-3-9-36-32(7-1)33-8-2-4-10-37(33)41(36)29-17-11-25(12-18-29)30-19-13-26-16-22-35-31(28-6-5-23-40-24-28)20-14-27-15-21-34(30)38(26)39(27)35;1-2-9-36-32(6-1)35-8-3-7-31(39(35)41-36)25-12-10-24(11-13-25)29-18-14-26-17-21-34-30(28-5-4-22-40-23-28)19-15-27-16-20-33(29)37(26)38(27)34/h2*1-24H;1-23H. The molecule has 0 radical (unpaired) electrons. The minimum Gasteiger partial charge on any atom is -0.455 e. The molecule has 0 N–H and O–H groups in total. The van der Waals surface area contributed by atoms with Crippen molar-refractivity contribution in [3.05, 3.63) is 431 Å². The molecule has 0 spiro atoms. The quantitative estimate of drug-likeness (QED) is 0.135. The summed E-state index contributed by atoms with van der Waals surface area (Å²) >= 11 is 0. The summed E-state index contributed by atoms with van der Waals surface area (Å²) in [6.45, 7) is 0. The average molecular weight is 1560 g/mol. The summed E-state index contributed by atoms with van der Waals surface area (Å²) < 4.78 is 11.1. The van der Waals surface area contributed by atoms with Gasteiger partial charge in [0, 0.05) is 96.9 Å². The normalized spacial score (nSPS) is 11.9. The van der Waals surface area contributed by atoms with Crippen LogP contribution in [-0.2, 0) is 0 Å². The monoisotopic (exact) mass is 1560 g/mol. The van der Waals surface area contributed by atoms with Crippen LogP contribution >= 0.6 is 0 Å². The molecule has 6 heterocycles. The Hall–Kier alpha value is -16.4. The second-order valence-corrected chi connectivity index (χ2v) is 32.3. The SMILES string of the molecule is c1ccc(-c2ccc3ccc4c(-c5ccc(-n6c7ccccc7c7ccccc76)cc5)ccc5ccc2c3c54)nc1.c1cncc(-c2ccc3ccc4c(-c5ccc(-c6cccc7c6oc6ccccc67)cc5)ccc5ccc2c3c54)c1.c1cncc(-c2ccc3ccc4c(-c5ccc(-n6c7ccccc7c7ccccc76)cc5)ccc5ccc2c3c54)c1. The molecule has 570 valence electrons. The second-order valence-electron chi connectivity index (χ2n) is 32.3. The number of benzene rings is 21. The van der Waals surface area contributed by atoms with Gasteiger partial charge in [-0.1, -0.05) is 322 Å². The van der Waals surface area contributed by atoms with Crippen LogP contribution in [0.1, 0.15) is 0 Å². The van der Waals surface area contributed by atoms with Crippen molar-refractivity contribution < 1.29 is 4.42 Å². The van der Waals surface area contributed by atoms with Crippen molar-refractivity contribution in [2.75, 3.05) is 0 Å². The van der Waals surface area contributed by atoms with E-state index in [9.17, 15) is 0 Å². The zero-order chi connectivity index (χ0) is 80.7. The zero-order valence-corrected chi connectivity index (χ0v) is 66.6. The van der Waals surface area contributed by atoms with Gasteiger partial charge in [0.2, 0.25) is 0 Å². The topological polar surface area (TPSA) is 61.7 Å². The molecule has 0 amide bonds. The average Bonchev–Trinajstić information content (AvgIpc) is 1.70. The molecule has 0 atom stereocenters. The number of furan rings is 1. The number of nitrogens with zero attached hydrogens (tertiary/aromatic N) is 5. The lowest BCUT2D eigenvalue weighted by Gasteiger charge is -2.16. The molecule has 27 aromatic rings. The lowest BCUT2D eigenvalue weighted by atomic mass is 9.87. The van der Waals surface area contributed by atoms with E-state index in [1.807, 2.05) is 61.3 Å². The molecule has 0 saturated heterocycles. The fourth-order valence-electron chi connectivity index (χ4n) is 20.2. The fraction of sp³-hybridized carbons (Fsp3) is 0. The van der Waals surface area contributed by atoms with Gasteiger partial charge in [0.1, 0.15) is 11.2 Å². The van der Waals surface area contributed by atoms with Crippen molar-refractivity contribution in [2.24, 2.45) is 0 Å². The van der Waals surface area contributed by atoms with E-state index in [1.54, 1.807) is 0 Å². The van der Waals surface area contributed by atoms with Crippen molar-refractivity contribution in [1.82, 2.24) is 24.1 Å². The number of hydrogen-bond acceptors (Lipinski definition) is 4. The maximum atomic E-state index is 6.31. The molecule has 27 rings (SSSR count). The fourth-order valence-corrected chi connectivity index (χ4v) is 20.2. The lowest BCUT2D eigenvalue weighted by Crippen LogP contribution is -1.94. The summed E-state index contributed by atoms with van der Waals surface area (Å²) in [6, 6.07) is 145. The van der Waals surface area contributed by atoms with Crippen molar-refractivity contribution in [3.63, 3.8) is 0 Å². The predicted octanol–water partition coefficient (Wildman–Crippen LogP) is 31.7. The molecule has 0 saturated carbocycles. The van der Waals surface area contributed by atoms with E-state index < -0.39 is 0 Å². The van der Waals surface area contributed by atoms with Gasteiger partial charge in [-0.15, -0.1) is 0 Å². The minimum absolute atomic E-state index is 0.923. The molecule has 6 aromatic heterocycles. The zero-order valence-electron chi connectivity index (χ0n) is 66.6. The maximum absolute atomic E-state index is 6.31. The van der Waals surface area contributed by atoms with Gasteiger partial charge in [0.05, 0.1) is 27.8 Å². The van der Waals surface area contributed by atoms with Gasteiger partial charge in [-0.05, 0) is 226 Å². The molecule has 6 nitrogen and oxygen atoms in total. The van der Waals surface area contributed by atoms with Crippen molar-refractivity contribution in [1.29, 1.82) is 0 Å². The number of aromatic nitrogens is 5. The third-order valence-electron chi connectivity index (χ3n) is 25.8. The van der Waals surface area contributed by atoms with Gasteiger partial charge >= 0.3 is 0 Å². The highest BCUT2D eigenvalue weighted by molar-refractivity contribution is 6.31. The first-order chi connectivity index (χ1) is 61.0. The number of para-hydroxylation sites is 6. The van der Waals surface area contributed by atoms with Crippen molar-refractivity contribution >= 4 is 163 Å². The van der Waals surface area contributed by atoms with Crippen molar-refractivity contribution in [3.8, 4) is 89.4 Å². The Morgan fingerprint density at radius 2 is 0.496 bits per heavy atom. The number of fused-ring (bicyclic) bond motifs is 9. The molecule has 0 fully saturated rings. The second kappa shape index (κ2) is 28.1. The van der Waals surface area contributed by atoms with Crippen LogP contribution in [0.5, 0.6) is 0 Å². The van der Waals surface area contributed by atoms with Crippen LogP contribution in [0.25, 0.3) is 252 Å². The summed E-state index contributed by atoms with van der Waals surface area (Å²) in [5.41, 5.74) is 25.7. The molecule has 0 bridgehead atoms. The van der Waals surface area contributed by atoms with Crippen LogP contribution in [0.4, 0.5) is 0 Å². The van der Waals surface area contributed by atoms with Crippen LogP contribution in [0, 0.1) is 0 Å². The Labute approximate surface area is 707 Å². The lowest BCUT2D eigenvalue weighted by molar-refractivity contribution is 0.670. The highest BCUT2D eigenvalue weighted by atomic mass is 16.3. The van der Waals surface area contributed by atoms with Gasteiger partial charge in [0.25, 0.3) is 0 Å². The van der Waals surface area contributed by atoms with E-state index >= 15 is 0 Å². The number of pyridine rings is 3. The summed E-state index contributed by atoms with van der Waals surface area (Å²) in [7, 11) is 0. The first-order valence-electron chi connectivity index (χ1n) is 42.1. The minimum atomic E-state index is 0.923. The first kappa shape index (κ1) is 69.7. The van der Waals surface area contributed by atoms with Crippen LogP contribution < -0.4 is 0 Å². The Morgan fingerprint density at radius 1 is 0.187 bits per heavy atom. The predicted molar refractivity (Wildman–Crippen MR) is 518 cm³/mol. The summed E-state index contributed by atoms with van der Waals surface area (Å²) in [4.78, 5) is 13.4. The van der Waals surface area contributed by atoms with E-state index in [-0.39, 0.29) is 0 Å². The Bertz CT molecular complexity index is 8370. The molecule has 123 heavy (non-hydrogen) atoms. The Balaban J connectivity index is 0.000000101. The summed E-state index contributed by atoms with van der Waals surface area (Å²) in [5, 5.41) is 30.6. The van der Waals surface area contributed by atoms with E-state index in [4.69, 9.17) is 4.42 Å². The molecule has 21 aromatic carbocycles. The van der Waals surface area contributed by atoms with Crippen LogP contribution in [0.2, 0.25) is 0 Å². The smallest absolute Gasteiger partial charge is 0.143 e. The Kier molecular flexibility index (Phi) is 15.9. The molecular formula is C117H71N5O. The number of rotatable bonds is 9. The van der Waals surface area contributed by atoms with Gasteiger partial charge < -0.3 is 13.6 Å². The highest BCUT2D eigenvalue weighted by Crippen LogP contribution is 2.48. The third kappa shape index (κ3) is 11.2. The molecule has 0 aliphatic carbocycles. The highest BCUT2D eigenvalue weighted by Gasteiger charge is 2.23. The Morgan fingerprint density at radius 3 is 0.862 bits per heavy atom. The molecule has 0 unspecified atom stereocenters. The van der Waals surface area contributed by atoms with Crippen LogP contribution in [0.15, 0.2) is 436 Å². The van der Waals surface area contributed by atoms with E-state index in [1.165, 1.54) is 202 Å².